The molecule has 0 saturated carbocycles. The van der Waals surface area contributed by atoms with Gasteiger partial charge in [-0.1, -0.05) is 17.7 Å². The second-order valence-corrected chi connectivity index (χ2v) is 6.88. The number of aryl methyl sites for hydroxylation is 1. The van der Waals surface area contributed by atoms with Crippen LogP contribution in [-0.4, -0.2) is 39.7 Å². The van der Waals surface area contributed by atoms with E-state index in [9.17, 15) is 14.4 Å². The molecule has 0 unspecified atom stereocenters. The number of esters is 1. The van der Waals surface area contributed by atoms with Crippen LogP contribution in [0.5, 0.6) is 0 Å². The molecule has 134 valence electrons. The summed E-state index contributed by atoms with van der Waals surface area (Å²) in [6.45, 7) is 3.49. The third kappa shape index (κ3) is 3.30. The first-order chi connectivity index (χ1) is 12.4. The first-order valence-electron chi connectivity index (χ1n) is 8.01. The van der Waals surface area contributed by atoms with Crippen LogP contribution in [0.2, 0.25) is 0 Å². The SMILES string of the molecule is COC(=O)[C@@H](C)N1C(=O)S/C(=C/c2cccn2-c2ccc(C)cc2)C1=O. The number of benzene rings is 1. The van der Waals surface area contributed by atoms with Crippen molar-refractivity contribution in [2.75, 3.05) is 7.11 Å². The zero-order valence-electron chi connectivity index (χ0n) is 14.6. The van der Waals surface area contributed by atoms with E-state index in [4.69, 9.17) is 0 Å². The lowest BCUT2D eigenvalue weighted by Gasteiger charge is -2.18. The standard InChI is InChI=1S/C19H18N2O4S/c1-12-6-8-14(9-7-12)20-10-4-5-15(20)11-16-17(22)21(19(24)26-16)13(2)18(23)25-3/h4-11,13H,1-3H3/b16-11+/t13-/m1/s1. The third-order valence-corrected chi connectivity index (χ3v) is 5.01. The lowest BCUT2D eigenvalue weighted by Crippen LogP contribution is -2.42. The molecule has 1 saturated heterocycles. The molecule has 1 aliphatic heterocycles. The van der Waals surface area contributed by atoms with Crippen molar-refractivity contribution in [2.24, 2.45) is 0 Å². The molecule has 2 heterocycles. The lowest BCUT2D eigenvalue weighted by atomic mass is 10.2. The summed E-state index contributed by atoms with van der Waals surface area (Å²) in [4.78, 5) is 37.7. The number of nitrogens with zero attached hydrogens (tertiary/aromatic N) is 2. The summed E-state index contributed by atoms with van der Waals surface area (Å²) in [7, 11) is 1.22. The Kier molecular flexibility index (Phi) is 4.99. The number of imide groups is 1. The molecule has 1 aromatic carbocycles. The minimum atomic E-state index is -0.956. The molecular weight excluding hydrogens is 352 g/mol. The molecule has 1 aliphatic rings. The van der Waals surface area contributed by atoms with Crippen molar-refractivity contribution in [3.05, 3.63) is 58.8 Å². The molecule has 3 rings (SSSR count). The number of thioether (sulfide) groups is 1. The molecule has 0 N–H and O–H groups in total. The zero-order valence-corrected chi connectivity index (χ0v) is 15.4. The van der Waals surface area contributed by atoms with Crippen LogP contribution >= 0.6 is 11.8 Å². The van der Waals surface area contributed by atoms with Gasteiger partial charge >= 0.3 is 5.97 Å². The highest BCUT2D eigenvalue weighted by atomic mass is 32.2. The Morgan fingerprint density at radius 3 is 2.54 bits per heavy atom. The van der Waals surface area contributed by atoms with Gasteiger partial charge in [-0.05, 0) is 56.0 Å². The summed E-state index contributed by atoms with van der Waals surface area (Å²) >= 11 is 0.820. The van der Waals surface area contributed by atoms with Crippen LogP contribution in [-0.2, 0) is 14.3 Å². The minimum absolute atomic E-state index is 0.276. The van der Waals surface area contributed by atoms with Crippen LogP contribution in [0.3, 0.4) is 0 Å². The highest BCUT2D eigenvalue weighted by Crippen LogP contribution is 2.34. The van der Waals surface area contributed by atoms with Gasteiger partial charge in [0.2, 0.25) is 0 Å². The highest BCUT2D eigenvalue weighted by Gasteiger charge is 2.41. The summed E-state index contributed by atoms with van der Waals surface area (Å²) in [5.41, 5.74) is 2.87. The van der Waals surface area contributed by atoms with Crippen molar-refractivity contribution < 1.29 is 19.1 Å². The first-order valence-corrected chi connectivity index (χ1v) is 8.83. The van der Waals surface area contributed by atoms with E-state index in [2.05, 4.69) is 4.74 Å². The van der Waals surface area contributed by atoms with Crippen molar-refractivity contribution in [1.82, 2.24) is 9.47 Å². The van der Waals surface area contributed by atoms with Gasteiger partial charge in [0.25, 0.3) is 11.1 Å². The Hall–Kier alpha value is -2.80. The minimum Gasteiger partial charge on any atom is -0.467 e. The molecule has 0 spiro atoms. The van der Waals surface area contributed by atoms with Gasteiger partial charge in [-0.3, -0.25) is 14.5 Å². The van der Waals surface area contributed by atoms with Gasteiger partial charge in [-0.25, -0.2) is 4.79 Å². The van der Waals surface area contributed by atoms with E-state index in [1.54, 1.807) is 6.08 Å². The van der Waals surface area contributed by atoms with Gasteiger partial charge in [-0.15, -0.1) is 0 Å². The number of hydrogen-bond acceptors (Lipinski definition) is 5. The average Bonchev–Trinajstić information content (AvgIpc) is 3.19. The number of methoxy groups -OCH3 is 1. The second-order valence-electron chi connectivity index (χ2n) is 5.89. The Morgan fingerprint density at radius 2 is 1.88 bits per heavy atom. The number of amides is 2. The summed E-state index contributed by atoms with van der Waals surface area (Å²) in [6, 6.07) is 10.7. The van der Waals surface area contributed by atoms with Crippen molar-refractivity contribution in [1.29, 1.82) is 0 Å². The van der Waals surface area contributed by atoms with Gasteiger partial charge in [-0.2, -0.15) is 0 Å². The van der Waals surface area contributed by atoms with Crippen LogP contribution in [0, 0.1) is 6.92 Å². The summed E-state index contributed by atoms with van der Waals surface area (Å²) < 4.78 is 6.56. The Labute approximate surface area is 155 Å². The molecule has 0 radical (unpaired) electrons. The molecule has 0 bridgehead atoms. The van der Waals surface area contributed by atoms with Crippen molar-refractivity contribution >= 4 is 35.0 Å². The Bertz CT molecular complexity index is 899. The summed E-state index contributed by atoms with van der Waals surface area (Å²) in [5.74, 6) is -1.12. The topological polar surface area (TPSA) is 68.6 Å². The van der Waals surface area contributed by atoms with E-state index in [-0.39, 0.29) is 4.91 Å². The molecule has 0 aliphatic carbocycles. The normalized spacial score (nSPS) is 17.0. The van der Waals surface area contributed by atoms with Gasteiger partial charge in [0.05, 0.1) is 12.0 Å². The fraction of sp³-hybridized carbons (Fsp3) is 0.211. The molecular formula is C19H18N2O4S. The molecule has 26 heavy (non-hydrogen) atoms. The van der Waals surface area contributed by atoms with E-state index in [1.807, 2.05) is 54.1 Å². The van der Waals surface area contributed by atoms with Gasteiger partial charge in [0.15, 0.2) is 0 Å². The molecule has 6 nitrogen and oxygen atoms in total. The highest BCUT2D eigenvalue weighted by molar-refractivity contribution is 8.18. The predicted octanol–water partition coefficient (Wildman–Crippen LogP) is 3.38. The molecule has 1 fully saturated rings. The number of rotatable bonds is 4. The molecule has 1 aromatic heterocycles. The van der Waals surface area contributed by atoms with E-state index in [0.717, 1.165) is 33.6 Å². The molecule has 2 amide bonds. The van der Waals surface area contributed by atoms with Gasteiger partial charge < -0.3 is 9.30 Å². The fourth-order valence-electron chi connectivity index (χ4n) is 2.68. The van der Waals surface area contributed by atoms with E-state index in [1.165, 1.54) is 14.0 Å². The number of carbonyl (C=O) groups excluding carboxylic acids is 3. The Balaban J connectivity index is 1.91. The fourth-order valence-corrected chi connectivity index (χ4v) is 3.57. The predicted molar refractivity (Wildman–Crippen MR) is 99.8 cm³/mol. The van der Waals surface area contributed by atoms with Crippen LogP contribution in [0.15, 0.2) is 47.5 Å². The largest absolute Gasteiger partial charge is 0.467 e. The number of aromatic nitrogens is 1. The van der Waals surface area contributed by atoms with Crippen molar-refractivity contribution in [3.8, 4) is 5.69 Å². The van der Waals surface area contributed by atoms with Crippen molar-refractivity contribution in [3.63, 3.8) is 0 Å². The van der Waals surface area contributed by atoms with Crippen LogP contribution in [0.4, 0.5) is 4.79 Å². The quantitative estimate of drug-likeness (QED) is 0.610. The van der Waals surface area contributed by atoms with E-state index < -0.39 is 23.2 Å². The maximum absolute atomic E-state index is 12.6. The average molecular weight is 370 g/mol. The Morgan fingerprint density at radius 1 is 1.19 bits per heavy atom. The molecule has 7 heteroatoms. The number of ether oxygens (including phenoxy) is 1. The maximum Gasteiger partial charge on any atom is 0.328 e. The van der Waals surface area contributed by atoms with E-state index >= 15 is 0 Å². The summed E-state index contributed by atoms with van der Waals surface area (Å²) in [5, 5.41) is -0.479. The zero-order chi connectivity index (χ0) is 18.8. The van der Waals surface area contributed by atoms with Crippen LogP contribution in [0.25, 0.3) is 11.8 Å². The second kappa shape index (κ2) is 7.21. The summed E-state index contributed by atoms with van der Waals surface area (Å²) in [6.07, 6.45) is 3.55. The first kappa shape index (κ1) is 18.0. The molecule has 1 atom stereocenters. The number of carbonyl (C=O) groups is 3. The van der Waals surface area contributed by atoms with Crippen molar-refractivity contribution in [2.45, 2.75) is 19.9 Å². The van der Waals surface area contributed by atoms with Gasteiger partial charge in [0.1, 0.15) is 6.04 Å². The molecule has 2 aromatic rings. The maximum atomic E-state index is 12.6. The monoisotopic (exact) mass is 370 g/mol. The van der Waals surface area contributed by atoms with Crippen LogP contribution in [0.1, 0.15) is 18.2 Å². The lowest BCUT2D eigenvalue weighted by molar-refractivity contribution is -0.148. The smallest absolute Gasteiger partial charge is 0.328 e. The van der Waals surface area contributed by atoms with Gasteiger partial charge in [0, 0.05) is 17.6 Å². The number of hydrogen-bond donors (Lipinski definition) is 0. The van der Waals surface area contributed by atoms with E-state index in [0.29, 0.717) is 0 Å². The van der Waals surface area contributed by atoms with Crippen LogP contribution < -0.4 is 0 Å². The third-order valence-electron chi connectivity index (χ3n) is 4.12.